The van der Waals surface area contributed by atoms with Crippen molar-refractivity contribution in [1.82, 2.24) is 0 Å². The first-order valence-electron chi connectivity index (χ1n) is 8.23. The van der Waals surface area contributed by atoms with Crippen molar-refractivity contribution in [2.45, 2.75) is 24.9 Å². The number of nitriles is 2. The molecule has 2 aliphatic heterocycles. The van der Waals surface area contributed by atoms with Crippen molar-refractivity contribution in [3.05, 3.63) is 23.8 Å². The summed E-state index contributed by atoms with van der Waals surface area (Å²) in [5.74, 6) is -0.732. The number of nitrogens with one attached hydrogen (secondary N) is 1. The third-order valence-corrected chi connectivity index (χ3v) is 5.64. The van der Waals surface area contributed by atoms with Gasteiger partial charge in [-0.2, -0.15) is 10.5 Å². The maximum Gasteiger partial charge on any atom is 0.343 e. The van der Waals surface area contributed by atoms with Crippen LogP contribution >= 0.6 is 0 Å². The summed E-state index contributed by atoms with van der Waals surface area (Å²) in [7, 11) is 3.08. The van der Waals surface area contributed by atoms with Crippen molar-refractivity contribution in [2.75, 3.05) is 20.8 Å². The second kappa shape index (κ2) is 5.10. The molecule has 26 heavy (non-hydrogen) atoms. The lowest BCUT2D eigenvalue weighted by Crippen LogP contribution is -2.90. The van der Waals surface area contributed by atoms with E-state index in [9.17, 15) is 10.5 Å². The van der Waals surface area contributed by atoms with Crippen LogP contribution in [-0.4, -0.2) is 38.7 Å². The molecule has 1 aliphatic carbocycles. The summed E-state index contributed by atoms with van der Waals surface area (Å²) in [6.07, 6.45) is -0.233. The topological polar surface area (TPSA) is 124 Å². The van der Waals surface area contributed by atoms with Crippen molar-refractivity contribution in [1.29, 1.82) is 10.5 Å². The van der Waals surface area contributed by atoms with E-state index in [2.05, 4.69) is 17.1 Å². The van der Waals surface area contributed by atoms with E-state index in [0.29, 0.717) is 23.7 Å². The highest BCUT2D eigenvalue weighted by atomic mass is 16.8. The highest BCUT2D eigenvalue weighted by Crippen LogP contribution is 2.80. The maximum atomic E-state index is 10.2. The third kappa shape index (κ3) is 1.57. The molecule has 0 aromatic heterocycles. The van der Waals surface area contributed by atoms with Gasteiger partial charge in [0, 0.05) is 5.56 Å². The minimum Gasteiger partial charge on any atom is -0.497 e. The number of hydrogen-bond donors (Lipinski definition) is 2. The Hall–Kier alpha value is -2.81. The highest BCUT2D eigenvalue weighted by Gasteiger charge is 2.98. The lowest BCUT2D eigenvalue weighted by Gasteiger charge is -2.24. The standard InChI is InChI=1S/C18H18N4O4/c1-10-7-25-18(26-10)17(9-20)14(16(17,8-19)15(21)22-18)12-6-11(23-2)4-5-13(12)24-3/h4-6,10,14H,7H2,1-3H3,(H2,21,22)/p+1/t10-,14-,16-,17-,18+/m1/s1. The van der Waals surface area contributed by atoms with Gasteiger partial charge in [0.15, 0.2) is 10.8 Å². The van der Waals surface area contributed by atoms with Crippen LogP contribution in [0.4, 0.5) is 0 Å². The number of amidine groups is 1. The molecule has 0 unspecified atom stereocenters. The number of nitrogens with two attached hydrogens (primary N) is 1. The van der Waals surface area contributed by atoms with E-state index < -0.39 is 22.7 Å². The molecule has 8 nitrogen and oxygen atoms in total. The molecule has 3 N–H and O–H groups in total. The number of fused-ring (bicyclic) bond motifs is 2. The zero-order valence-electron chi connectivity index (χ0n) is 14.7. The van der Waals surface area contributed by atoms with Crippen LogP contribution in [0.1, 0.15) is 18.4 Å². The van der Waals surface area contributed by atoms with Gasteiger partial charge in [-0.25, -0.2) is 4.99 Å². The molecule has 134 valence electrons. The van der Waals surface area contributed by atoms with Crippen LogP contribution in [0.5, 0.6) is 11.5 Å². The maximum absolute atomic E-state index is 10.2. The van der Waals surface area contributed by atoms with Crippen LogP contribution in [0.15, 0.2) is 18.2 Å². The van der Waals surface area contributed by atoms with Crippen molar-refractivity contribution in [3.8, 4) is 23.6 Å². The van der Waals surface area contributed by atoms with Gasteiger partial charge in [-0.1, -0.05) is 0 Å². The lowest BCUT2D eigenvalue weighted by atomic mass is 9.93. The molecule has 4 rings (SSSR count). The fourth-order valence-electron chi connectivity index (χ4n) is 4.50. The van der Waals surface area contributed by atoms with Gasteiger partial charge in [-0.15, -0.1) is 0 Å². The van der Waals surface area contributed by atoms with E-state index >= 15 is 0 Å². The normalized spacial score (nSPS) is 39.7. The molecule has 1 saturated heterocycles. The fourth-order valence-corrected chi connectivity index (χ4v) is 4.50. The minimum absolute atomic E-state index is 0.172. The van der Waals surface area contributed by atoms with E-state index in [0.717, 1.165) is 0 Å². The predicted octanol–water partition coefficient (Wildman–Crippen LogP) is -0.639. The molecule has 0 amide bonds. The Balaban J connectivity index is 1.94. The number of nitrogens with zero attached hydrogens (tertiary/aromatic N) is 2. The fraction of sp³-hybridized carbons (Fsp3) is 0.500. The molecule has 0 bridgehead atoms. The van der Waals surface area contributed by atoms with Crippen LogP contribution in [0.3, 0.4) is 0 Å². The average Bonchev–Trinajstić information content (AvgIpc) is 3.04. The van der Waals surface area contributed by atoms with E-state index in [1.54, 1.807) is 25.3 Å². The Labute approximate surface area is 150 Å². The second-order valence-electron chi connectivity index (χ2n) is 6.78. The Morgan fingerprint density at radius 1 is 1.27 bits per heavy atom. The van der Waals surface area contributed by atoms with Crippen LogP contribution in [0.25, 0.3) is 0 Å². The number of methoxy groups -OCH3 is 2. The van der Waals surface area contributed by atoms with Crippen molar-refractivity contribution < 1.29 is 23.9 Å². The molecule has 5 atom stereocenters. The van der Waals surface area contributed by atoms with Crippen LogP contribution in [0.2, 0.25) is 0 Å². The smallest absolute Gasteiger partial charge is 0.343 e. The first-order chi connectivity index (χ1) is 12.5. The summed E-state index contributed by atoms with van der Waals surface area (Å²) >= 11 is 0. The van der Waals surface area contributed by atoms with E-state index in [1.807, 2.05) is 6.92 Å². The summed E-state index contributed by atoms with van der Waals surface area (Å²) in [6.45, 7) is 2.14. The van der Waals surface area contributed by atoms with Crippen LogP contribution in [-0.2, 0) is 9.47 Å². The monoisotopic (exact) mass is 355 g/mol. The minimum atomic E-state index is -1.46. The number of benzene rings is 1. The molecule has 0 radical (unpaired) electrons. The van der Waals surface area contributed by atoms with Gasteiger partial charge in [0.2, 0.25) is 0 Å². The Morgan fingerprint density at radius 3 is 2.58 bits per heavy atom. The molecule has 1 spiro atoms. The first kappa shape index (κ1) is 16.6. The van der Waals surface area contributed by atoms with E-state index in [-0.39, 0.29) is 11.9 Å². The van der Waals surface area contributed by atoms with Crippen molar-refractivity contribution in [3.63, 3.8) is 0 Å². The Morgan fingerprint density at radius 2 is 2.04 bits per heavy atom. The summed E-state index contributed by atoms with van der Waals surface area (Å²) in [5, 5.41) is 20.2. The zero-order chi connectivity index (χ0) is 18.7. The van der Waals surface area contributed by atoms with Gasteiger partial charge in [-0.05, 0) is 25.1 Å². The third-order valence-electron chi connectivity index (χ3n) is 5.64. The summed E-state index contributed by atoms with van der Waals surface area (Å²) in [6, 6.07) is 9.81. The number of hydrogen-bond acceptors (Lipinski definition) is 7. The Bertz CT molecular complexity index is 903. The molecule has 8 heteroatoms. The molecular weight excluding hydrogens is 336 g/mol. The molecule has 2 fully saturated rings. The molecule has 1 aromatic rings. The number of rotatable bonds is 3. The van der Waals surface area contributed by atoms with Gasteiger partial charge in [-0.3, -0.25) is 5.73 Å². The summed E-state index contributed by atoms with van der Waals surface area (Å²) in [4.78, 5) is 2.94. The second-order valence-corrected chi connectivity index (χ2v) is 6.78. The van der Waals surface area contributed by atoms with Crippen molar-refractivity contribution >= 4 is 5.84 Å². The molecular formula is C18H19N4O4+. The largest absolute Gasteiger partial charge is 0.497 e. The molecule has 2 heterocycles. The summed E-state index contributed by atoms with van der Waals surface area (Å²) < 4.78 is 22.6. The molecule has 1 saturated carbocycles. The van der Waals surface area contributed by atoms with E-state index in [1.165, 1.54) is 7.11 Å². The lowest BCUT2D eigenvalue weighted by molar-refractivity contribution is -0.677. The highest BCUT2D eigenvalue weighted by molar-refractivity contribution is 5.95. The first-order valence-corrected chi connectivity index (χ1v) is 8.23. The van der Waals surface area contributed by atoms with Gasteiger partial charge in [0.05, 0.1) is 45.0 Å². The van der Waals surface area contributed by atoms with Gasteiger partial charge in [0.1, 0.15) is 11.5 Å². The van der Waals surface area contributed by atoms with Gasteiger partial charge >= 0.3 is 5.91 Å². The van der Waals surface area contributed by atoms with E-state index in [4.69, 9.17) is 24.7 Å². The average molecular weight is 355 g/mol. The van der Waals surface area contributed by atoms with Crippen LogP contribution < -0.4 is 20.2 Å². The van der Waals surface area contributed by atoms with Crippen molar-refractivity contribution in [2.24, 2.45) is 16.6 Å². The van der Waals surface area contributed by atoms with Gasteiger partial charge < -0.3 is 18.9 Å². The molecule has 1 aromatic carbocycles. The van der Waals surface area contributed by atoms with Gasteiger partial charge in [0.25, 0.3) is 5.84 Å². The predicted molar refractivity (Wildman–Crippen MR) is 87.8 cm³/mol. The molecule has 3 aliphatic rings. The quantitative estimate of drug-likeness (QED) is 0.739. The summed E-state index contributed by atoms with van der Waals surface area (Å²) in [5.41, 5.74) is 4.26. The Kier molecular flexibility index (Phi) is 3.27. The zero-order valence-corrected chi connectivity index (χ0v) is 14.7. The SMILES string of the molecule is COc1ccc(OC)c([C@H]2[C@@]3(C#N)[C@]4([NH+]=C(N)[C@@]23C#N)OC[C@@H](C)O4)c1. The number of ether oxygens (including phenoxy) is 4. The van der Waals surface area contributed by atoms with Crippen LogP contribution in [0, 0.1) is 33.5 Å².